The molecule has 4 amide bonds. The fourth-order valence-corrected chi connectivity index (χ4v) is 3.70. The van der Waals surface area contributed by atoms with Crippen molar-refractivity contribution >= 4 is 51.2 Å². The van der Waals surface area contributed by atoms with E-state index in [-0.39, 0.29) is 5.57 Å². The van der Waals surface area contributed by atoms with Crippen LogP contribution in [-0.2, 0) is 9.59 Å². The Morgan fingerprint density at radius 1 is 0.935 bits per heavy atom. The minimum absolute atomic E-state index is 0.121. The molecule has 4 rings (SSSR count). The number of hydrogen-bond donors (Lipinski definition) is 1. The number of nitrogens with one attached hydrogen (secondary N) is 1. The zero-order valence-electron chi connectivity index (χ0n) is 16.9. The highest BCUT2D eigenvalue weighted by Gasteiger charge is 2.37. The van der Waals surface area contributed by atoms with Crippen molar-refractivity contribution in [3.63, 3.8) is 0 Å². The lowest BCUT2D eigenvalue weighted by atomic mass is 10.1. The zero-order chi connectivity index (χ0) is 22.1. The summed E-state index contributed by atoms with van der Waals surface area (Å²) in [5.41, 5.74) is 2.82. The molecular weight excluding hydrogens is 460 g/mol. The smallest absolute Gasteiger partial charge is 0.335 e. The van der Waals surface area contributed by atoms with Crippen LogP contribution in [0.3, 0.4) is 0 Å². The molecule has 2 aromatic carbocycles. The van der Waals surface area contributed by atoms with Gasteiger partial charge in [0.15, 0.2) is 0 Å². The summed E-state index contributed by atoms with van der Waals surface area (Å²) in [6, 6.07) is 17.5. The van der Waals surface area contributed by atoms with Gasteiger partial charge in [0.2, 0.25) is 0 Å². The minimum Gasteiger partial charge on any atom is -0.378 e. The van der Waals surface area contributed by atoms with Crippen molar-refractivity contribution in [1.29, 1.82) is 0 Å². The molecule has 0 spiro atoms. The number of carbonyl (C=O) groups is 3. The second-order valence-electron chi connectivity index (χ2n) is 7.15. The standard InChI is InChI=1S/C23H19BrN4O3/c1-26(2)16-8-10-17(11-9-16)27-12-4-7-18(27)14-20-21(29)25-23(31)28(22(20)30)19-6-3-5-15(24)13-19/h3-14H,1-2H3,(H,25,29,31)/b20-14-. The van der Waals surface area contributed by atoms with Crippen molar-refractivity contribution in [3.8, 4) is 5.69 Å². The largest absolute Gasteiger partial charge is 0.378 e. The summed E-state index contributed by atoms with van der Waals surface area (Å²) in [6.45, 7) is 0. The van der Waals surface area contributed by atoms with Crippen molar-refractivity contribution in [2.75, 3.05) is 23.9 Å². The molecule has 1 saturated heterocycles. The average molecular weight is 479 g/mol. The molecule has 31 heavy (non-hydrogen) atoms. The first-order valence-corrected chi connectivity index (χ1v) is 10.3. The molecule has 0 aliphatic carbocycles. The number of halogens is 1. The van der Waals surface area contributed by atoms with E-state index in [4.69, 9.17) is 0 Å². The first kappa shape index (κ1) is 20.6. The monoisotopic (exact) mass is 478 g/mol. The van der Waals surface area contributed by atoms with Gasteiger partial charge in [-0.05, 0) is 60.7 Å². The average Bonchev–Trinajstić information content (AvgIpc) is 3.19. The van der Waals surface area contributed by atoms with Gasteiger partial charge < -0.3 is 9.47 Å². The lowest BCUT2D eigenvalue weighted by Crippen LogP contribution is -2.54. The van der Waals surface area contributed by atoms with Gasteiger partial charge in [0.25, 0.3) is 11.8 Å². The Hall–Kier alpha value is -3.65. The molecule has 7 nitrogen and oxygen atoms in total. The number of anilines is 2. The Labute approximate surface area is 187 Å². The first-order valence-electron chi connectivity index (χ1n) is 9.47. The number of urea groups is 1. The quantitative estimate of drug-likeness (QED) is 0.454. The maximum Gasteiger partial charge on any atom is 0.335 e. The number of amides is 4. The summed E-state index contributed by atoms with van der Waals surface area (Å²) in [5.74, 6) is -1.40. The van der Waals surface area contributed by atoms with Crippen LogP contribution < -0.4 is 15.1 Å². The molecule has 1 aliphatic rings. The number of benzene rings is 2. The van der Waals surface area contributed by atoms with E-state index in [1.54, 1.807) is 30.3 Å². The van der Waals surface area contributed by atoms with Gasteiger partial charge in [0, 0.05) is 41.8 Å². The van der Waals surface area contributed by atoms with Crippen LogP contribution in [0.1, 0.15) is 5.69 Å². The molecular formula is C23H19BrN4O3. The molecule has 0 radical (unpaired) electrons. The van der Waals surface area contributed by atoms with E-state index in [9.17, 15) is 14.4 Å². The summed E-state index contributed by atoms with van der Waals surface area (Å²) in [5, 5.41) is 2.25. The van der Waals surface area contributed by atoms with Crippen LogP contribution in [0.5, 0.6) is 0 Å². The Kier molecular flexibility index (Phi) is 5.48. The lowest BCUT2D eigenvalue weighted by molar-refractivity contribution is -0.122. The number of imide groups is 2. The van der Waals surface area contributed by atoms with Crippen LogP contribution in [0, 0.1) is 0 Å². The highest BCUT2D eigenvalue weighted by Crippen LogP contribution is 2.25. The van der Waals surface area contributed by atoms with E-state index in [0.717, 1.165) is 16.3 Å². The molecule has 0 saturated carbocycles. The molecule has 3 aromatic rings. The SMILES string of the molecule is CN(C)c1ccc(-n2cccc2/C=C2/C(=O)NC(=O)N(c3cccc(Br)c3)C2=O)cc1. The molecule has 1 fully saturated rings. The molecule has 1 N–H and O–H groups in total. The molecule has 0 unspecified atom stereocenters. The van der Waals surface area contributed by atoms with Gasteiger partial charge in [-0.1, -0.05) is 22.0 Å². The fraction of sp³-hybridized carbons (Fsp3) is 0.0870. The number of carbonyl (C=O) groups excluding carboxylic acids is 3. The lowest BCUT2D eigenvalue weighted by Gasteiger charge is -2.26. The number of aromatic nitrogens is 1. The fourth-order valence-electron chi connectivity index (χ4n) is 3.31. The van der Waals surface area contributed by atoms with Gasteiger partial charge >= 0.3 is 6.03 Å². The van der Waals surface area contributed by atoms with Crippen molar-refractivity contribution in [2.45, 2.75) is 0 Å². The van der Waals surface area contributed by atoms with Crippen LogP contribution in [0.15, 0.2) is 76.9 Å². The molecule has 1 aliphatic heterocycles. The Bertz CT molecular complexity index is 1210. The van der Waals surface area contributed by atoms with Crippen LogP contribution in [0.4, 0.5) is 16.2 Å². The van der Waals surface area contributed by atoms with E-state index < -0.39 is 17.8 Å². The Morgan fingerprint density at radius 3 is 2.35 bits per heavy atom. The van der Waals surface area contributed by atoms with Crippen LogP contribution in [0.25, 0.3) is 11.8 Å². The van der Waals surface area contributed by atoms with Crippen molar-refractivity contribution in [2.24, 2.45) is 0 Å². The Balaban J connectivity index is 1.71. The second kappa shape index (κ2) is 8.23. The van der Waals surface area contributed by atoms with Crippen LogP contribution >= 0.6 is 15.9 Å². The highest BCUT2D eigenvalue weighted by molar-refractivity contribution is 9.10. The van der Waals surface area contributed by atoms with Gasteiger partial charge in [0.05, 0.1) is 5.69 Å². The maximum absolute atomic E-state index is 13.1. The van der Waals surface area contributed by atoms with Gasteiger partial charge in [-0.15, -0.1) is 0 Å². The molecule has 0 bridgehead atoms. The van der Waals surface area contributed by atoms with E-state index in [1.807, 2.05) is 60.1 Å². The molecule has 0 atom stereocenters. The van der Waals surface area contributed by atoms with Gasteiger partial charge in [-0.2, -0.15) is 0 Å². The number of hydrogen-bond acceptors (Lipinski definition) is 4. The van der Waals surface area contributed by atoms with Gasteiger partial charge in [-0.25, -0.2) is 9.69 Å². The van der Waals surface area contributed by atoms with Crippen molar-refractivity contribution in [1.82, 2.24) is 9.88 Å². The summed E-state index contributed by atoms with van der Waals surface area (Å²) in [7, 11) is 3.93. The second-order valence-corrected chi connectivity index (χ2v) is 8.07. The predicted octanol–water partition coefficient (Wildman–Crippen LogP) is 3.97. The third-order valence-electron chi connectivity index (χ3n) is 4.88. The van der Waals surface area contributed by atoms with Gasteiger partial charge in [-0.3, -0.25) is 14.9 Å². The summed E-state index contributed by atoms with van der Waals surface area (Å²) in [6.07, 6.45) is 3.34. The van der Waals surface area contributed by atoms with Gasteiger partial charge in [0.1, 0.15) is 5.57 Å². The minimum atomic E-state index is -0.778. The molecule has 2 heterocycles. The molecule has 8 heteroatoms. The number of nitrogens with zero attached hydrogens (tertiary/aromatic N) is 3. The third kappa shape index (κ3) is 4.02. The van der Waals surface area contributed by atoms with Crippen molar-refractivity contribution in [3.05, 3.63) is 82.6 Å². The van der Waals surface area contributed by atoms with Crippen molar-refractivity contribution < 1.29 is 14.4 Å². The van der Waals surface area contributed by atoms with E-state index in [1.165, 1.54) is 6.08 Å². The van der Waals surface area contributed by atoms with E-state index >= 15 is 0 Å². The number of barbiturate groups is 1. The third-order valence-corrected chi connectivity index (χ3v) is 5.38. The zero-order valence-corrected chi connectivity index (χ0v) is 18.5. The summed E-state index contributed by atoms with van der Waals surface area (Å²) in [4.78, 5) is 40.9. The molecule has 156 valence electrons. The maximum atomic E-state index is 13.1. The van der Waals surface area contributed by atoms with E-state index in [0.29, 0.717) is 15.9 Å². The Morgan fingerprint density at radius 2 is 1.68 bits per heavy atom. The number of rotatable bonds is 4. The molecule has 1 aromatic heterocycles. The normalized spacial score (nSPS) is 15.4. The van der Waals surface area contributed by atoms with Crippen LogP contribution in [0.2, 0.25) is 0 Å². The highest BCUT2D eigenvalue weighted by atomic mass is 79.9. The summed E-state index contributed by atoms with van der Waals surface area (Å²) < 4.78 is 2.58. The topological polar surface area (TPSA) is 74.7 Å². The first-order chi connectivity index (χ1) is 14.8. The summed E-state index contributed by atoms with van der Waals surface area (Å²) >= 11 is 3.34. The van der Waals surface area contributed by atoms with Crippen LogP contribution in [-0.4, -0.2) is 36.5 Å². The predicted molar refractivity (Wildman–Crippen MR) is 123 cm³/mol. The van der Waals surface area contributed by atoms with E-state index in [2.05, 4.69) is 21.2 Å².